The molecule has 3 heterocycles. The molecule has 0 saturated heterocycles. The first-order chi connectivity index (χ1) is 17.6. The highest BCUT2D eigenvalue weighted by Gasteiger charge is 2.37. The number of alkyl halides is 3. The van der Waals surface area contributed by atoms with Crippen LogP contribution in [-0.2, 0) is 23.8 Å². The second-order valence-corrected chi connectivity index (χ2v) is 10.6. The van der Waals surface area contributed by atoms with Crippen LogP contribution in [0, 0.1) is 0 Å². The second kappa shape index (κ2) is 9.73. The Kier molecular flexibility index (Phi) is 6.75. The third kappa shape index (κ3) is 4.73. The summed E-state index contributed by atoms with van der Waals surface area (Å²) in [6, 6.07) is 7.40. The van der Waals surface area contributed by atoms with E-state index < -0.39 is 29.4 Å². The van der Waals surface area contributed by atoms with Crippen LogP contribution in [0.5, 0.6) is 0 Å². The molecule has 0 unspecified atom stereocenters. The van der Waals surface area contributed by atoms with Crippen molar-refractivity contribution in [2.45, 2.75) is 32.4 Å². The number of esters is 1. The van der Waals surface area contributed by atoms with Crippen LogP contribution in [0.15, 0.2) is 34.8 Å². The number of fused-ring (bicyclic) bond motifs is 2. The van der Waals surface area contributed by atoms with Crippen molar-refractivity contribution in [1.29, 1.82) is 0 Å². The van der Waals surface area contributed by atoms with E-state index in [9.17, 15) is 22.8 Å². The van der Waals surface area contributed by atoms with Gasteiger partial charge < -0.3 is 10.1 Å². The molecule has 13 heteroatoms. The van der Waals surface area contributed by atoms with E-state index in [1.54, 1.807) is 31.2 Å². The number of halogens is 5. The summed E-state index contributed by atoms with van der Waals surface area (Å²) in [5, 5.41) is 6.39. The molecule has 7 nitrogen and oxygen atoms in total. The molecule has 1 amide bonds. The molecule has 3 aromatic heterocycles. The number of anilines is 1. The SMILES string of the molecule is CCOC(=O)c1c(NC(=O)c2nn3c(C(F)(F)F)cc(-c4ccc(Br)cc4)nc3c2Cl)sc2c1CCC2. The van der Waals surface area contributed by atoms with Gasteiger partial charge in [0, 0.05) is 14.9 Å². The Bertz CT molecular complexity index is 1550. The lowest BCUT2D eigenvalue weighted by Gasteiger charge is -2.11. The number of carbonyl (C=O) groups is 2. The number of rotatable bonds is 5. The fraction of sp³-hybridized carbons (Fsp3) is 0.250. The van der Waals surface area contributed by atoms with Gasteiger partial charge in [-0.1, -0.05) is 39.7 Å². The normalized spacial score (nSPS) is 13.1. The van der Waals surface area contributed by atoms with E-state index in [1.807, 2.05) is 0 Å². The van der Waals surface area contributed by atoms with Crippen molar-refractivity contribution < 1.29 is 27.5 Å². The first-order valence-corrected chi connectivity index (χ1v) is 13.1. The maximum absolute atomic E-state index is 14.0. The van der Waals surface area contributed by atoms with Crippen molar-refractivity contribution in [2.24, 2.45) is 0 Å². The summed E-state index contributed by atoms with van der Waals surface area (Å²) in [5.74, 6) is -1.43. The molecule has 5 rings (SSSR count). The Morgan fingerprint density at radius 3 is 2.65 bits per heavy atom. The zero-order chi connectivity index (χ0) is 26.5. The van der Waals surface area contributed by atoms with Gasteiger partial charge in [-0.15, -0.1) is 11.3 Å². The smallest absolute Gasteiger partial charge is 0.433 e. The Morgan fingerprint density at radius 2 is 1.97 bits per heavy atom. The van der Waals surface area contributed by atoms with Crippen molar-refractivity contribution in [3.05, 3.63) is 67.2 Å². The predicted molar refractivity (Wildman–Crippen MR) is 136 cm³/mol. The van der Waals surface area contributed by atoms with Gasteiger partial charge in [0.2, 0.25) is 0 Å². The number of amides is 1. The van der Waals surface area contributed by atoms with Gasteiger partial charge in [0.05, 0.1) is 17.9 Å². The van der Waals surface area contributed by atoms with E-state index in [0.29, 0.717) is 16.5 Å². The zero-order valence-electron chi connectivity index (χ0n) is 19.1. The molecule has 1 N–H and O–H groups in total. The van der Waals surface area contributed by atoms with Crippen LogP contribution in [0.3, 0.4) is 0 Å². The Hall–Kier alpha value is -2.96. The molecule has 0 spiro atoms. The summed E-state index contributed by atoms with van der Waals surface area (Å²) in [7, 11) is 0. The van der Waals surface area contributed by atoms with Gasteiger partial charge in [-0.3, -0.25) is 4.79 Å². The summed E-state index contributed by atoms with van der Waals surface area (Å²) in [4.78, 5) is 31.0. The van der Waals surface area contributed by atoms with Crippen LogP contribution in [0.2, 0.25) is 5.02 Å². The molecule has 192 valence electrons. The lowest BCUT2D eigenvalue weighted by Crippen LogP contribution is -2.17. The van der Waals surface area contributed by atoms with Gasteiger partial charge in [0.25, 0.3) is 5.91 Å². The minimum Gasteiger partial charge on any atom is -0.462 e. The number of hydrogen-bond acceptors (Lipinski definition) is 6. The molecule has 4 aromatic rings. The Balaban J connectivity index is 1.58. The number of benzene rings is 1. The molecule has 0 radical (unpaired) electrons. The van der Waals surface area contributed by atoms with Crippen molar-refractivity contribution in [3.8, 4) is 11.3 Å². The minimum atomic E-state index is -4.81. The van der Waals surface area contributed by atoms with Crippen molar-refractivity contribution >= 4 is 61.4 Å². The summed E-state index contributed by atoms with van der Waals surface area (Å²) < 4.78 is 48.4. The summed E-state index contributed by atoms with van der Waals surface area (Å²) >= 11 is 10.9. The van der Waals surface area contributed by atoms with Gasteiger partial charge in [-0.2, -0.15) is 18.3 Å². The van der Waals surface area contributed by atoms with Crippen molar-refractivity contribution in [1.82, 2.24) is 14.6 Å². The lowest BCUT2D eigenvalue weighted by atomic mass is 10.1. The number of carbonyl (C=O) groups excluding carboxylic acids is 2. The highest BCUT2D eigenvalue weighted by atomic mass is 79.9. The minimum absolute atomic E-state index is 0.0142. The fourth-order valence-corrected chi connectivity index (χ4v) is 5.96. The van der Waals surface area contributed by atoms with E-state index in [-0.39, 0.29) is 33.5 Å². The quantitative estimate of drug-likeness (QED) is 0.250. The van der Waals surface area contributed by atoms with Crippen molar-refractivity contribution in [2.75, 3.05) is 11.9 Å². The second-order valence-electron chi connectivity index (χ2n) is 8.17. The molecular formula is C24H17BrClF3N4O3S. The molecule has 0 fully saturated rings. The van der Waals surface area contributed by atoms with E-state index >= 15 is 0 Å². The Morgan fingerprint density at radius 1 is 1.24 bits per heavy atom. The molecule has 0 aliphatic heterocycles. The average Bonchev–Trinajstić information content (AvgIpc) is 3.51. The Labute approximate surface area is 225 Å². The number of ether oxygens (including phenoxy) is 1. The standard InChI is InChI=1S/C24H17BrClF3N4O3S/c1-2-36-23(35)17-13-4-3-5-15(13)37-22(17)31-21(34)19-18(26)20-30-14(11-6-8-12(25)9-7-11)10-16(24(27,28)29)33(20)32-19/h6-10H,2-5H2,1H3,(H,31,34). The maximum atomic E-state index is 14.0. The number of thiophene rings is 1. The predicted octanol–water partition coefficient (Wildman–Crippen LogP) is 6.81. The third-order valence-electron chi connectivity index (χ3n) is 5.81. The first-order valence-electron chi connectivity index (χ1n) is 11.1. The third-order valence-corrected chi connectivity index (χ3v) is 7.89. The van der Waals surface area contributed by atoms with Gasteiger partial charge >= 0.3 is 12.1 Å². The lowest BCUT2D eigenvalue weighted by molar-refractivity contribution is -0.142. The van der Waals surface area contributed by atoms with E-state index in [4.69, 9.17) is 16.3 Å². The summed E-state index contributed by atoms with van der Waals surface area (Å²) in [6.45, 7) is 1.83. The van der Waals surface area contributed by atoms with Gasteiger partial charge in [0.1, 0.15) is 10.0 Å². The van der Waals surface area contributed by atoms with E-state index in [1.165, 1.54) is 11.3 Å². The topological polar surface area (TPSA) is 85.6 Å². The van der Waals surface area contributed by atoms with E-state index in [2.05, 4.69) is 31.3 Å². The number of nitrogens with one attached hydrogen (secondary N) is 1. The van der Waals surface area contributed by atoms with Crippen LogP contribution in [0.25, 0.3) is 16.9 Å². The number of aromatic nitrogens is 3. The molecule has 37 heavy (non-hydrogen) atoms. The number of aryl methyl sites for hydroxylation is 1. The highest BCUT2D eigenvalue weighted by Crippen LogP contribution is 2.40. The molecular weight excluding hydrogens is 597 g/mol. The van der Waals surface area contributed by atoms with Gasteiger partial charge in [-0.25, -0.2) is 14.3 Å². The largest absolute Gasteiger partial charge is 0.462 e. The molecule has 1 aromatic carbocycles. The maximum Gasteiger partial charge on any atom is 0.433 e. The molecule has 1 aliphatic carbocycles. The summed E-state index contributed by atoms with van der Waals surface area (Å²) in [6.07, 6.45) is -2.50. The van der Waals surface area contributed by atoms with E-state index in [0.717, 1.165) is 33.8 Å². The van der Waals surface area contributed by atoms with Crippen molar-refractivity contribution in [3.63, 3.8) is 0 Å². The van der Waals surface area contributed by atoms with Gasteiger partial charge in [-0.05, 0) is 49.9 Å². The van der Waals surface area contributed by atoms with Crippen LogP contribution in [0.4, 0.5) is 18.2 Å². The first kappa shape index (κ1) is 25.7. The summed E-state index contributed by atoms with van der Waals surface area (Å²) in [5.41, 5.74) is -0.389. The number of nitrogens with zero attached hydrogens (tertiary/aromatic N) is 3. The fourth-order valence-electron chi connectivity index (χ4n) is 4.18. The average molecular weight is 614 g/mol. The van der Waals surface area contributed by atoms with Crippen LogP contribution >= 0.6 is 38.9 Å². The highest BCUT2D eigenvalue weighted by molar-refractivity contribution is 9.10. The van der Waals surface area contributed by atoms with Crippen LogP contribution in [-0.4, -0.2) is 33.1 Å². The van der Waals surface area contributed by atoms with Gasteiger partial charge in [0.15, 0.2) is 17.0 Å². The number of hydrogen-bond donors (Lipinski definition) is 1. The molecule has 0 saturated carbocycles. The zero-order valence-corrected chi connectivity index (χ0v) is 22.2. The monoisotopic (exact) mass is 612 g/mol. The molecule has 1 aliphatic rings. The van der Waals surface area contributed by atoms with Crippen LogP contribution in [0.1, 0.15) is 50.3 Å². The molecule has 0 atom stereocenters. The van der Waals surface area contributed by atoms with Crippen LogP contribution < -0.4 is 5.32 Å². The molecule has 0 bridgehead atoms.